The Bertz CT molecular complexity index is 1360. The van der Waals surface area contributed by atoms with Gasteiger partial charge in [-0.3, -0.25) is 14.9 Å². The molecule has 2 saturated heterocycles. The minimum atomic E-state index is -1.76. The number of imide groups is 1. The van der Waals surface area contributed by atoms with Crippen LogP contribution < -0.4 is 15.1 Å². The molecule has 0 aliphatic carbocycles. The lowest BCUT2D eigenvalue weighted by Crippen LogP contribution is -2.53. The first kappa shape index (κ1) is 25.7. The fraction of sp³-hybridized carbons (Fsp3) is 0.323. The fourth-order valence-electron chi connectivity index (χ4n) is 6.18. The van der Waals surface area contributed by atoms with E-state index in [1.807, 2.05) is 81.4 Å². The summed E-state index contributed by atoms with van der Waals surface area (Å²) < 4.78 is 0. The molecule has 3 aromatic rings. The molecular formula is C31H33N3O4. The molecule has 0 bridgehead atoms. The van der Waals surface area contributed by atoms with E-state index in [4.69, 9.17) is 0 Å². The normalized spacial score (nSPS) is 24.5. The lowest BCUT2D eigenvalue weighted by Gasteiger charge is -2.32. The number of nitrogens with zero attached hydrogens (tertiary/aromatic N) is 2. The minimum Gasteiger partial charge on any atom is -0.480 e. The van der Waals surface area contributed by atoms with Gasteiger partial charge in [0.25, 0.3) is 0 Å². The van der Waals surface area contributed by atoms with E-state index in [2.05, 4.69) is 5.32 Å². The van der Waals surface area contributed by atoms with Gasteiger partial charge in [-0.2, -0.15) is 0 Å². The number of hydrogen-bond acceptors (Lipinski definition) is 5. The number of aliphatic carboxylic acids is 1. The number of benzene rings is 3. The van der Waals surface area contributed by atoms with Crippen LogP contribution in [0.5, 0.6) is 0 Å². The molecule has 2 amide bonds. The molecule has 2 N–H and O–H groups in total. The van der Waals surface area contributed by atoms with Gasteiger partial charge in [0.05, 0.1) is 17.5 Å². The highest BCUT2D eigenvalue weighted by atomic mass is 16.4. The fourth-order valence-corrected chi connectivity index (χ4v) is 6.18. The summed E-state index contributed by atoms with van der Waals surface area (Å²) in [5.41, 5.74) is 2.85. The standard InChI is InChI=1S/C31H33N3O4/c1-5-19-11-10-12-20(6-2)27(19)34-28(35)24-25(29(34)36)31(30(37)38,22-13-8-7-9-14-22)32-26(24)21-15-17-23(18-16-21)33(3)4/h7-18,24-26,32H,5-6H2,1-4H3,(H,37,38). The summed E-state index contributed by atoms with van der Waals surface area (Å²) in [6, 6.07) is 21.6. The Labute approximate surface area is 223 Å². The first-order valence-corrected chi connectivity index (χ1v) is 13.1. The Hall–Kier alpha value is -3.97. The zero-order chi connectivity index (χ0) is 27.2. The summed E-state index contributed by atoms with van der Waals surface area (Å²) >= 11 is 0. The molecule has 0 spiro atoms. The van der Waals surface area contributed by atoms with E-state index in [0.717, 1.165) is 22.4 Å². The second-order valence-corrected chi connectivity index (χ2v) is 10.2. The molecule has 0 saturated carbocycles. The van der Waals surface area contributed by atoms with Crippen LogP contribution in [-0.2, 0) is 32.8 Å². The first-order valence-electron chi connectivity index (χ1n) is 13.1. The van der Waals surface area contributed by atoms with Crippen LogP contribution in [0.15, 0.2) is 72.8 Å². The van der Waals surface area contributed by atoms with E-state index in [1.165, 1.54) is 4.90 Å². The van der Waals surface area contributed by atoms with Crippen molar-refractivity contribution in [3.8, 4) is 0 Å². The predicted octanol–water partition coefficient (Wildman–Crippen LogP) is 4.31. The summed E-state index contributed by atoms with van der Waals surface area (Å²) in [7, 11) is 3.88. The highest BCUT2D eigenvalue weighted by molar-refractivity contribution is 6.25. The number of rotatable bonds is 7. The van der Waals surface area contributed by atoms with Gasteiger partial charge in [-0.05, 0) is 47.2 Å². The number of aryl methyl sites for hydroxylation is 2. The topological polar surface area (TPSA) is 90.0 Å². The molecule has 2 fully saturated rings. The van der Waals surface area contributed by atoms with Gasteiger partial charge >= 0.3 is 5.97 Å². The molecule has 4 atom stereocenters. The number of fused-ring (bicyclic) bond motifs is 1. The van der Waals surface area contributed by atoms with Crippen molar-refractivity contribution in [1.29, 1.82) is 0 Å². The van der Waals surface area contributed by atoms with E-state index >= 15 is 0 Å². The molecular weight excluding hydrogens is 478 g/mol. The second kappa shape index (κ2) is 9.72. The molecule has 7 heteroatoms. The molecule has 4 unspecified atom stereocenters. The van der Waals surface area contributed by atoms with Gasteiger partial charge in [0.2, 0.25) is 11.8 Å². The molecule has 2 aliphatic heterocycles. The number of carboxylic acids is 1. The Morgan fingerprint density at radius 1 is 0.895 bits per heavy atom. The van der Waals surface area contributed by atoms with E-state index in [9.17, 15) is 19.5 Å². The number of amides is 2. The maximum absolute atomic E-state index is 14.3. The largest absolute Gasteiger partial charge is 0.480 e. The maximum Gasteiger partial charge on any atom is 0.329 e. The van der Waals surface area contributed by atoms with Gasteiger partial charge in [-0.1, -0.05) is 74.5 Å². The SMILES string of the molecule is CCc1cccc(CC)c1N1C(=O)C2C(c3ccc(N(C)C)cc3)NC(C(=O)O)(c3ccccc3)C2C1=O. The van der Waals surface area contributed by atoms with Gasteiger partial charge in [-0.25, -0.2) is 9.69 Å². The zero-order valence-corrected chi connectivity index (χ0v) is 22.1. The van der Waals surface area contributed by atoms with Crippen LogP contribution in [-0.4, -0.2) is 37.0 Å². The molecule has 196 valence electrons. The maximum atomic E-state index is 14.3. The Balaban J connectivity index is 1.72. The van der Waals surface area contributed by atoms with Crippen molar-refractivity contribution < 1.29 is 19.5 Å². The van der Waals surface area contributed by atoms with E-state index in [1.54, 1.807) is 24.3 Å². The lowest BCUT2D eigenvalue weighted by molar-refractivity contribution is -0.149. The summed E-state index contributed by atoms with van der Waals surface area (Å²) in [4.78, 5) is 45.1. The van der Waals surface area contributed by atoms with Gasteiger partial charge in [0.15, 0.2) is 5.54 Å². The third kappa shape index (κ3) is 3.72. The number of anilines is 2. The summed E-state index contributed by atoms with van der Waals surface area (Å²) in [6.07, 6.45) is 1.29. The number of nitrogens with one attached hydrogen (secondary N) is 1. The first-order chi connectivity index (χ1) is 18.3. The van der Waals surface area contributed by atoms with Crippen molar-refractivity contribution in [1.82, 2.24) is 5.32 Å². The van der Waals surface area contributed by atoms with Gasteiger partial charge in [-0.15, -0.1) is 0 Å². The van der Waals surface area contributed by atoms with Crippen molar-refractivity contribution in [3.05, 3.63) is 95.1 Å². The van der Waals surface area contributed by atoms with Crippen LogP contribution in [0.4, 0.5) is 11.4 Å². The predicted molar refractivity (Wildman–Crippen MR) is 147 cm³/mol. The van der Waals surface area contributed by atoms with Crippen LogP contribution in [0.3, 0.4) is 0 Å². The monoisotopic (exact) mass is 511 g/mol. The van der Waals surface area contributed by atoms with E-state index in [0.29, 0.717) is 24.1 Å². The quantitative estimate of drug-likeness (QED) is 0.460. The highest BCUT2D eigenvalue weighted by Gasteiger charge is 2.69. The van der Waals surface area contributed by atoms with Crippen LogP contribution in [0.25, 0.3) is 0 Å². The van der Waals surface area contributed by atoms with E-state index < -0.39 is 35.3 Å². The third-order valence-corrected chi connectivity index (χ3v) is 8.08. The Morgan fingerprint density at radius 2 is 1.50 bits per heavy atom. The number of para-hydroxylation sites is 1. The van der Waals surface area contributed by atoms with Crippen LogP contribution >= 0.6 is 0 Å². The third-order valence-electron chi connectivity index (χ3n) is 8.08. The van der Waals surface area contributed by atoms with Crippen molar-refractivity contribution in [2.24, 2.45) is 11.8 Å². The molecule has 2 aliphatic rings. The zero-order valence-electron chi connectivity index (χ0n) is 22.1. The van der Waals surface area contributed by atoms with Crippen molar-refractivity contribution in [2.45, 2.75) is 38.3 Å². The molecule has 5 rings (SSSR count). The van der Waals surface area contributed by atoms with Crippen molar-refractivity contribution in [3.63, 3.8) is 0 Å². The molecule has 0 radical (unpaired) electrons. The number of carboxylic acid groups (broad SMARTS) is 1. The van der Waals surface area contributed by atoms with Crippen LogP contribution in [0, 0.1) is 11.8 Å². The minimum absolute atomic E-state index is 0.358. The average Bonchev–Trinajstić information content (AvgIpc) is 3.43. The number of hydrogen-bond donors (Lipinski definition) is 2. The van der Waals surface area contributed by atoms with Gasteiger partial charge in [0.1, 0.15) is 0 Å². The number of carbonyl (C=O) groups is 3. The molecule has 3 aromatic carbocycles. The molecule has 38 heavy (non-hydrogen) atoms. The molecule has 7 nitrogen and oxygen atoms in total. The number of carbonyl (C=O) groups excluding carboxylic acids is 2. The second-order valence-electron chi connectivity index (χ2n) is 10.2. The Morgan fingerprint density at radius 3 is 2.03 bits per heavy atom. The average molecular weight is 512 g/mol. The molecule has 0 aromatic heterocycles. The summed E-state index contributed by atoms with van der Waals surface area (Å²) in [5.74, 6) is -3.99. The lowest BCUT2D eigenvalue weighted by atomic mass is 9.75. The van der Waals surface area contributed by atoms with E-state index in [-0.39, 0.29) is 5.91 Å². The van der Waals surface area contributed by atoms with Crippen LogP contribution in [0.1, 0.15) is 42.1 Å². The van der Waals surface area contributed by atoms with Crippen LogP contribution in [0.2, 0.25) is 0 Å². The Kier molecular flexibility index (Phi) is 6.57. The van der Waals surface area contributed by atoms with Gasteiger partial charge < -0.3 is 10.0 Å². The van der Waals surface area contributed by atoms with Crippen molar-refractivity contribution >= 4 is 29.2 Å². The van der Waals surface area contributed by atoms with Gasteiger partial charge in [0, 0.05) is 25.8 Å². The summed E-state index contributed by atoms with van der Waals surface area (Å²) in [6.45, 7) is 3.98. The highest BCUT2D eigenvalue weighted by Crippen LogP contribution is 2.54. The summed E-state index contributed by atoms with van der Waals surface area (Å²) in [5, 5.41) is 14.1. The van der Waals surface area contributed by atoms with Crippen molar-refractivity contribution in [2.75, 3.05) is 23.9 Å². The smallest absolute Gasteiger partial charge is 0.329 e. The molecule has 2 heterocycles.